The molecule has 0 radical (unpaired) electrons. The molecule has 0 aliphatic heterocycles. The Morgan fingerprint density at radius 3 is 2.45 bits per heavy atom. The molecule has 0 fully saturated rings. The van der Waals surface area contributed by atoms with Gasteiger partial charge in [-0.15, -0.1) is 0 Å². The number of benzene rings is 4. The molecular formula is C27H22Cl2N3NaO6S. The smallest absolute Gasteiger partial charge is 0.870 e. The summed E-state index contributed by atoms with van der Waals surface area (Å²) in [7, 11) is -4.55. The van der Waals surface area contributed by atoms with Gasteiger partial charge in [-0.05, 0) is 54.6 Å². The van der Waals surface area contributed by atoms with Crippen molar-refractivity contribution < 1.29 is 57.2 Å². The van der Waals surface area contributed by atoms with Gasteiger partial charge in [-0.1, -0.05) is 66.2 Å². The van der Waals surface area contributed by atoms with Gasteiger partial charge in [0.15, 0.2) is 5.75 Å². The van der Waals surface area contributed by atoms with Gasteiger partial charge in [0.1, 0.15) is 4.90 Å². The molecule has 1 amide bonds. The summed E-state index contributed by atoms with van der Waals surface area (Å²) in [5.74, 6) is -1.09. The topological polar surface area (TPSA) is 140 Å². The van der Waals surface area contributed by atoms with Crippen LogP contribution >= 0.6 is 23.2 Å². The molecule has 13 heteroatoms. The van der Waals surface area contributed by atoms with E-state index in [1.807, 2.05) is 0 Å². The summed E-state index contributed by atoms with van der Waals surface area (Å²) in [5, 5.41) is 25.7. The summed E-state index contributed by atoms with van der Waals surface area (Å²) in [6.07, 6.45) is 0.270. The fourth-order valence-electron chi connectivity index (χ4n) is 3.99. The standard InChI is InChI=1S/C27H23Cl2N3O6S.Na/c1-3-16-20(12-13-22(23(16)29)39(35,36)37)31-32-24-17-9-6-5-8-15(17)14-18(25(24)33)27(34)30-21-11-7-10-19(28)26(21)38-4-2;/h5-14,33H,3-4H2,1-2H3,(H,30,34)(H,35,36,37);/q;+1/p-1. The van der Waals surface area contributed by atoms with E-state index >= 15 is 0 Å². The number of halogens is 2. The molecule has 0 aromatic heterocycles. The van der Waals surface area contributed by atoms with Gasteiger partial charge >= 0.3 is 29.6 Å². The van der Waals surface area contributed by atoms with Crippen molar-refractivity contribution in [3.05, 3.63) is 81.8 Å². The largest absolute Gasteiger partial charge is 1.00 e. The van der Waals surface area contributed by atoms with Crippen molar-refractivity contribution >= 4 is 67.1 Å². The second kappa shape index (κ2) is 13.3. The zero-order valence-corrected chi connectivity index (χ0v) is 26.1. The molecule has 40 heavy (non-hydrogen) atoms. The Labute approximate surface area is 263 Å². The van der Waals surface area contributed by atoms with Crippen molar-refractivity contribution in [1.82, 2.24) is 0 Å². The van der Waals surface area contributed by atoms with Crippen molar-refractivity contribution in [3.8, 4) is 11.5 Å². The normalized spacial score (nSPS) is 11.4. The van der Waals surface area contributed by atoms with Crippen molar-refractivity contribution in [1.29, 1.82) is 0 Å². The summed E-state index contributed by atoms with van der Waals surface area (Å²) in [5.41, 5.74) is 0.539. The average molecular weight is 610 g/mol. The van der Waals surface area contributed by atoms with Crippen molar-refractivity contribution in [2.45, 2.75) is 25.2 Å². The fraction of sp³-hybridized carbons (Fsp3) is 0.148. The minimum Gasteiger partial charge on any atom is -0.870 e. The van der Waals surface area contributed by atoms with Gasteiger partial charge in [-0.2, -0.15) is 18.6 Å². The number of azo groups is 1. The van der Waals surface area contributed by atoms with E-state index in [1.54, 1.807) is 56.3 Å². The first-order valence-electron chi connectivity index (χ1n) is 11.7. The van der Waals surface area contributed by atoms with Crippen LogP contribution < -0.4 is 44.7 Å². The van der Waals surface area contributed by atoms with Crippen LogP contribution in [0.5, 0.6) is 11.5 Å². The van der Waals surface area contributed by atoms with Crippen LogP contribution in [0.15, 0.2) is 75.8 Å². The Hall–Kier alpha value is -2.70. The molecule has 0 unspecified atom stereocenters. The van der Waals surface area contributed by atoms with E-state index in [0.29, 0.717) is 33.7 Å². The molecule has 0 heterocycles. The van der Waals surface area contributed by atoms with Crippen LogP contribution in [-0.4, -0.2) is 25.5 Å². The molecule has 0 aliphatic carbocycles. The number of para-hydroxylation sites is 1. The Balaban J connectivity index is 0.00000441. The number of anilines is 1. The molecule has 0 aliphatic rings. The van der Waals surface area contributed by atoms with Crippen LogP contribution in [-0.2, 0) is 16.5 Å². The van der Waals surface area contributed by atoms with E-state index in [2.05, 4.69) is 15.5 Å². The zero-order valence-electron chi connectivity index (χ0n) is 21.7. The molecule has 9 nitrogen and oxygen atoms in total. The van der Waals surface area contributed by atoms with E-state index in [0.717, 1.165) is 6.07 Å². The molecule has 4 aromatic carbocycles. The van der Waals surface area contributed by atoms with Crippen LogP contribution in [0.1, 0.15) is 29.8 Å². The number of carbonyl (C=O) groups excluding carboxylic acids is 1. The van der Waals surface area contributed by atoms with Crippen LogP contribution in [0.3, 0.4) is 0 Å². The predicted octanol–water partition coefficient (Wildman–Crippen LogP) is 4.10. The summed E-state index contributed by atoms with van der Waals surface area (Å²) in [6.45, 7) is 3.81. The van der Waals surface area contributed by atoms with E-state index in [1.165, 1.54) is 12.1 Å². The third-order valence-corrected chi connectivity index (χ3v) is 7.53. The van der Waals surface area contributed by atoms with E-state index in [9.17, 15) is 22.9 Å². The summed E-state index contributed by atoms with van der Waals surface area (Å²) in [6, 6.07) is 15.6. The minimum absolute atomic E-state index is 0. The second-order valence-electron chi connectivity index (χ2n) is 8.23. The van der Waals surface area contributed by atoms with E-state index in [-0.39, 0.29) is 63.7 Å². The maximum absolute atomic E-state index is 13.5. The second-order valence-corrected chi connectivity index (χ2v) is 10.4. The van der Waals surface area contributed by atoms with Gasteiger partial charge in [0.05, 0.1) is 33.7 Å². The van der Waals surface area contributed by atoms with Crippen molar-refractivity contribution in [3.63, 3.8) is 0 Å². The van der Waals surface area contributed by atoms with Crippen LogP contribution in [0.4, 0.5) is 17.1 Å². The average Bonchev–Trinajstić information content (AvgIpc) is 2.89. The van der Waals surface area contributed by atoms with E-state index in [4.69, 9.17) is 27.9 Å². The predicted molar refractivity (Wildman–Crippen MR) is 149 cm³/mol. The number of nitrogens with one attached hydrogen (secondary N) is 1. The third kappa shape index (κ3) is 6.60. The van der Waals surface area contributed by atoms with Crippen molar-refractivity contribution in [2.75, 3.05) is 11.9 Å². The van der Waals surface area contributed by atoms with Crippen LogP contribution in [0, 0.1) is 0 Å². The number of hydrogen-bond donors (Lipinski definition) is 2. The first-order chi connectivity index (χ1) is 18.6. The number of ether oxygens (including phenoxy) is 1. The molecule has 0 saturated heterocycles. The molecular weight excluding hydrogens is 588 g/mol. The quantitative estimate of drug-likeness (QED) is 0.175. The number of hydrogen-bond acceptors (Lipinski definition) is 7. The summed E-state index contributed by atoms with van der Waals surface area (Å²) >= 11 is 12.4. The maximum atomic E-state index is 13.5. The molecule has 4 aromatic rings. The monoisotopic (exact) mass is 609 g/mol. The van der Waals surface area contributed by atoms with Gasteiger partial charge in [0.2, 0.25) is 0 Å². The number of rotatable bonds is 8. The molecule has 0 saturated carbocycles. The molecule has 2 N–H and O–H groups in total. The first kappa shape index (κ1) is 31.8. The molecule has 0 spiro atoms. The first-order valence-corrected chi connectivity index (χ1v) is 13.9. The minimum atomic E-state index is -4.55. The zero-order chi connectivity index (χ0) is 28.3. The molecule has 4 rings (SSSR count). The van der Waals surface area contributed by atoms with Gasteiger partial charge in [-0.25, -0.2) is 0 Å². The summed E-state index contributed by atoms with van der Waals surface area (Å²) in [4.78, 5) is 12.8. The van der Waals surface area contributed by atoms with Gasteiger partial charge in [0.25, 0.3) is 16.0 Å². The Morgan fingerprint density at radius 2 is 1.77 bits per heavy atom. The van der Waals surface area contributed by atoms with Crippen LogP contribution in [0.2, 0.25) is 10.0 Å². The number of nitrogens with zero attached hydrogens (tertiary/aromatic N) is 2. The molecule has 202 valence electrons. The van der Waals surface area contributed by atoms with Crippen molar-refractivity contribution in [2.24, 2.45) is 10.2 Å². The Kier molecular flexibility index (Phi) is 10.6. The SMILES string of the molecule is CCOc1c(Cl)cccc1NC(=O)c1cc2ccccc2c(N=Nc2ccc(S(=O)(=O)O)c(Cl)c2CC)c1[O-].[Na+]. The molecule has 0 atom stereocenters. The Bertz CT molecular complexity index is 1730. The number of amides is 1. The van der Waals surface area contributed by atoms with Gasteiger partial charge in [-0.3, -0.25) is 9.35 Å². The third-order valence-electron chi connectivity index (χ3n) is 5.80. The Morgan fingerprint density at radius 1 is 1.05 bits per heavy atom. The molecule has 0 bridgehead atoms. The number of fused-ring (bicyclic) bond motifs is 1. The summed E-state index contributed by atoms with van der Waals surface area (Å²) < 4.78 is 38.3. The fourth-order valence-corrected chi connectivity index (χ4v) is 5.39. The van der Waals surface area contributed by atoms with Crippen LogP contribution in [0.25, 0.3) is 10.8 Å². The maximum Gasteiger partial charge on any atom is 1.00 e. The van der Waals surface area contributed by atoms with Gasteiger partial charge < -0.3 is 15.2 Å². The number of carbonyl (C=O) groups is 1. The van der Waals surface area contributed by atoms with Gasteiger partial charge in [0, 0.05) is 10.9 Å². The van der Waals surface area contributed by atoms with E-state index < -0.39 is 26.7 Å².